The topological polar surface area (TPSA) is 74.3 Å². The second-order valence-electron chi connectivity index (χ2n) is 5.71. The molecule has 6 nitrogen and oxygen atoms in total. The molecule has 0 radical (unpaired) electrons. The average molecular weight is 364 g/mol. The molecular formula is C17H15F3N4O2. The number of anilines is 2. The molecule has 1 aliphatic rings. The van der Waals surface area contributed by atoms with Gasteiger partial charge in [0.2, 0.25) is 5.91 Å². The number of halogens is 3. The number of nitrogens with zero attached hydrogens (tertiary/aromatic N) is 2. The highest BCUT2D eigenvalue weighted by Gasteiger charge is 2.29. The minimum absolute atomic E-state index is 0.0481. The van der Waals surface area contributed by atoms with Gasteiger partial charge in [0.05, 0.1) is 24.3 Å². The quantitative estimate of drug-likeness (QED) is 0.873. The summed E-state index contributed by atoms with van der Waals surface area (Å²) in [6.45, 7) is -1.12. The monoisotopic (exact) mass is 364 g/mol. The molecule has 26 heavy (non-hydrogen) atoms. The van der Waals surface area contributed by atoms with Gasteiger partial charge in [0.15, 0.2) is 5.82 Å². The van der Waals surface area contributed by atoms with E-state index in [1.54, 1.807) is 5.32 Å². The second kappa shape index (κ2) is 7.03. The van der Waals surface area contributed by atoms with Crippen molar-refractivity contribution in [1.82, 2.24) is 10.3 Å². The Morgan fingerprint density at radius 2 is 2.00 bits per heavy atom. The van der Waals surface area contributed by atoms with Gasteiger partial charge in [-0.05, 0) is 11.6 Å². The van der Waals surface area contributed by atoms with Crippen LogP contribution < -0.4 is 15.5 Å². The number of fused-ring (bicyclic) bond motifs is 1. The van der Waals surface area contributed by atoms with Gasteiger partial charge >= 0.3 is 6.18 Å². The predicted octanol–water partition coefficient (Wildman–Crippen LogP) is 2.33. The lowest BCUT2D eigenvalue weighted by Gasteiger charge is -2.29. The van der Waals surface area contributed by atoms with Gasteiger partial charge in [-0.2, -0.15) is 13.2 Å². The Balaban J connectivity index is 1.85. The van der Waals surface area contributed by atoms with E-state index in [4.69, 9.17) is 0 Å². The molecule has 2 N–H and O–H groups in total. The molecule has 3 rings (SSSR count). The molecule has 0 atom stereocenters. The molecule has 0 aliphatic carbocycles. The van der Waals surface area contributed by atoms with Gasteiger partial charge < -0.3 is 15.5 Å². The second-order valence-corrected chi connectivity index (χ2v) is 5.71. The summed E-state index contributed by atoms with van der Waals surface area (Å²) in [6.07, 6.45) is -3.33. The first kappa shape index (κ1) is 17.7. The first-order valence-corrected chi connectivity index (χ1v) is 7.76. The third-order valence-corrected chi connectivity index (χ3v) is 3.76. The van der Waals surface area contributed by atoms with Crippen LogP contribution in [0.4, 0.5) is 24.7 Å². The van der Waals surface area contributed by atoms with Crippen molar-refractivity contribution in [3.63, 3.8) is 0 Å². The molecule has 0 spiro atoms. The Morgan fingerprint density at radius 3 is 2.69 bits per heavy atom. The molecule has 0 bridgehead atoms. The molecule has 0 fully saturated rings. The Kier molecular flexibility index (Phi) is 4.79. The number of rotatable bonds is 4. The number of aromatic nitrogens is 1. The van der Waals surface area contributed by atoms with E-state index in [1.165, 1.54) is 17.2 Å². The summed E-state index contributed by atoms with van der Waals surface area (Å²) >= 11 is 0. The summed E-state index contributed by atoms with van der Waals surface area (Å²) in [4.78, 5) is 29.8. The molecule has 1 aliphatic heterocycles. The number of amides is 2. The molecule has 2 heterocycles. The van der Waals surface area contributed by atoms with Crippen LogP contribution in [0.15, 0.2) is 42.6 Å². The molecule has 1 aromatic carbocycles. The first-order valence-electron chi connectivity index (χ1n) is 7.76. The molecule has 2 amide bonds. The lowest BCUT2D eigenvalue weighted by molar-refractivity contribution is -0.123. The normalized spacial score (nSPS) is 13.8. The van der Waals surface area contributed by atoms with Gasteiger partial charge in [-0.15, -0.1) is 0 Å². The Bertz CT molecular complexity index is 825. The Labute approximate surface area is 147 Å². The Hall–Kier alpha value is -3.10. The lowest BCUT2D eigenvalue weighted by atomic mass is 10.1. The molecule has 0 saturated heterocycles. The van der Waals surface area contributed by atoms with Crippen molar-refractivity contribution in [1.29, 1.82) is 0 Å². The van der Waals surface area contributed by atoms with Gasteiger partial charge in [-0.3, -0.25) is 9.59 Å². The molecule has 0 unspecified atom stereocenters. The molecule has 0 saturated carbocycles. The highest BCUT2D eigenvalue weighted by molar-refractivity contribution is 6.04. The zero-order valence-corrected chi connectivity index (χ0v) is 13.5. The molecule has 2 aromatic rings. The standard InChI is InChI=1S/C17H15F3N4O2/c18-17(19,20)10-23-16(26)12-6-13-15(21-7-12)22-8-14(25)24(13)9-11-4-2-1-3-5-11/h1-7H,8-10H2,(H,21,22)(H,23,26). The van der Waals surface area contributed by atoms with E-state index in [-0.39, 0.29) is 24.6 Å². The maximum absolute atomic E-state index is 12.3. The number of pyridine rings is 1. The summed E-state index contributed by atoms with van der Waals surface area (Å²) in [7, 11) is 0. The van der Waals surface area contributed by atoms with Crippen LogP contribution >= 0.6 is 0 Å². The highest BCUT2D eigenvalue weighted by Crippen LogP contribution is 2.29. The minimum atomic E-state index is -4.51. The van der Waals surface area contributed by atoms with Gasteiger partial charge in [-0.1, -0.05) is 30.3 Å². The number of alkyl halides is 3. The van der Waals surface area contributed by atoms with Crippen LogP contribution in [-0.2, 0) is 11.3 Å². The van der Waals surface area contributed by atoms with Crippen LogP contribution in [0.25, 0.3) is 0 Å². The third kappa shape index (κ3) is 4.11. The number of benzene rings is 1. The maximum atomic E-state index is 12.3. The fraction of sp³-hybridized carbons (Fsp3) is 0.235. The summed E-state index contributed by atoms with van der Waals surface area (Å²) in [5.74, 6) is -0.737. The highest BCUT2D eigenvalue weighted by atomic mass is 19.4. The zero-order chi connectivity index (χ0) is 18.7. The maximum Gasteiger partial charge on any atom is 0.405 e. The number of carbonyl (C=O) groups is 2. The minimum Gasteiger partial charge on any atom is -0.359 e. The van der Waals surface area contributed by atoms with Crippen LogP contribution in [0.1, 0.15) is 15.9 Å². The molecule has 136 valence electrons. The van der Waals surface area contributed by atoms with Crippen molar-refractivity contribution in [2.75, 3.05) is 23.3 Å². The fourth-order valence-electron chi connectivity index (χ4n) is 2.53. The number of carbonyl (C=O) groups excluding carboxylic acids is 2. The largest absolute Gasteiger partial charge is 0.405 e. The van der Waals surface area contributed by atoms with E-state index in [0.717, 1.165) is 5.56 Å². The summed E-state index contributed by atoms with van der Waals surface area (Å²) in [6, 6.07) is 10.6. The Morgan fingerprint density at radius 1 is 1.27 bits per heavy atom. The van der Waals surface area contributed by atoms with E-state index >= 15 is 0 Å². The van der Waals surface area contributed by atoms with E-state index in [9.17, 15) is 22.8 Å². The van der Waals surface area contributed by atoms with Crippen molar-refractivity contribution in [3.8, 4) is 0 Å². The number of hydrogen-bond acceptors (Lipinski definition) is 4. The van der Waals surface area contributed by atoms with Crippen LogP contribution in [0.2, 0.25) is 0 Å². The smallest absolute Gasteiger partial charge is 0.359 e. The van der Waals surface area contributed by atoms with Gasteiger partial charge in [0.1, 0.15) is 6.54 Å². The predicted molar refractivity (Wildman–Crippen MR) is 88.7 cm³/mol. The summed E-state index contributed by atoms with van der Waals surface area (Å²) in [5.41, 5.74) is 1.17. The van der Waals surface area contributed by atoms with Crippen molar-refractivity contribution >= 4 is 23.3 Å². The number of hydrogen-bond donors (Lipinski definition) is 2. The van der Waals surface area contributed by atoms with Crippen molar-refractivity contribution in [3.05, 3.63) is 53.7 Å². The lowest BCUT2D eigenvalue weighted by Crippen LogP contribution is -2.40. The average Bonchev–Trinajstić information content (AvgIpc) is 2.62. The van der Waals surface area contributed by atoms with Gasteiger partial charge in [0.25, 0.3) is 5.91 Å². The van der Waals surface area contributed by atoms with Gasteiger partial charge in [-0.25, -0.2) is 4.98 Å². The van der Waals surface area contributed by atoms with Crippen molar-refractivity contribution < 1.29 is 22.8 Å². The molecular weight excluding hydrogens is 349 g/mol. The van der Waals surface area contributed by atoms with E-state index in [1.807, 2.05) is 30.3 Å². The fourth-order valence-corrected chi connectivity index (χ4v) is 2.53. The van der Waals surface area contributed by atoms with Crippen LogP contribution in [0.5, 0.6) is 0 Å². The molecule has 1 aromatic heterocycles. The summed E-state index contributed by atoms with van der Waals surface area (Å²) in [5, 5.41) is 4.63. The van der Waals surface area contributed by atoms with Crippen LogP contribution in [-0.4, -0.2) is 36.1 Å². The van der Waals surface area contributed by atoms with E-state index in [0.29, 0.717) is 11.5 Å². The van der Waals surface area contributed by atoms with Crippen molar-refractivity contribution in [2.45, 2.75) is 12.7 Å². The van der Waals surface area contributed by atoms with Crippen molar-refractivity contribution in [2.24, 2.45) is 0 Å². The third-order valence-electron chi connectivity index (χ3n) is 3.76. The first-order chi connectivity index (χ1) is 12.3. The SMILES string of the molecule is O=C(NCC(F)(F)F)c1cnc2c(c1)N(Cc1ccccc1)C(=O)CN2. The van der Waals surface area contributed by atoms with Gasteiger partial charge in [0, 0.05) is 6.20 Å². The molecule has 9 heteroatoms. The number of nitrogens with one attached hydrogen (secondary N) is 2. The summed E-state index contributed by atoms with van der Waals surface area (Å²) < 4.78 is 36.8. The van der Waals surface area contributed by atoms with Crippen LogP contribution in [0, 0.1) is 0 Å². The zero-order valence-electron chi connectivity index (χ0n) is 13.5. The van der Waals surface area contributed by atoms with E-state index in [2.05, 4.69) is 10.3 Å². The van der Waals surface area contributed by atoms with E-state index < -0.39 is 18.6 Å². The van der Waals surface area contributed by atoms with Crippen LogP contribution in [0.3, 0.4) is 0 Å².